The molecule has 0 spiro atoms. The lowest BCUT2D eigenvalue weighted by Crippen LogP contribution is -2.36. The molecular formula is C17H22N2O2S. The Morgan fingerprint density at radius 2 is 2.41 bits per heavy atom. The molecule has 118 valence electrons. The maximum absolute atomic E-state index is 5.71. The van der Waals surface area contributed by atoms with Crippen molar-refractivity contribution in [2.75, 3.05) is 13.7 Å². The standard InChI is InChI=1S/C17H22N2O2S/c1-12(16-7-4-8-21-16)18-10-14-11-22-17(19-14)13-5-3-6-15(9-13)20-2/h3,5-6,9,11-12,16,18H,4,7-8,10H2,1-2H3/t12-,16+/m0/s1. The average molecular weight is 318 g/mol. The van der Waals surface area contributed by atoms with Crippen LogP contribution >= 0.6 is 11.3 Å². The Kier molecular flexibility index (Phi) is 5.08. The molecule has 1 aliphatic rings. The molecular weight excluding hydrogens is 296 g/mol. The summed E-state index contributed by atoms with van der Waals surface area (Å²) in [6.45, 7) is 3.86. The molecule has 2 heterocycles. The van der Waals surface area contributed by atoms with Gasteiger partial charge in [-0.3, -0.25) is 0 Å². The van der Waals surface area contributed by atoms with Gasteiger partial charge < -0.3 is 14.8 Å². The topological polar surface area (TPSA) is 43.4 Å². The quantitative estimate of drug-likeness (QED) is 0.885. The Hall–Kier alpha value is -1.43. The number of nitrogens with zero attached hydrogens (tertiary/aromatic N) is 1. The van der Waals surface area contributed by atoms with Crippen LogP contribution in [0.5, 0.6) is 5.75 Å². The zero-order chi connectivity index (χ0) is 15.4. The largest absolute Gasteiger partial charge is 0.497 e. The van der Waals surface area contributed by atoms with Crippen molar-refractivity contribution in [3.63, 3.8) is 0 Å². The number of hydrogen-bond acceptors (Lipinski definition) is 5. The van der Waals surface area contributed by atoms with Crippen LogP contribution in [0.4, 0.5) is 0 Å². The third-order valence-electron chi connectivity index (χ3n) is 4.00. The zero-order valence-corrected chi connectivity index (χ0v) is 13.9. The second-order valence-corrected chi connectivity index (χ2v) is 6.46. The summed E-state index contributed by atoms with van der Waals surface area (Å²) in [5.74, 6) is 0.861. The number of rotatable bonds is 6. The van der Waals surface area contributed by atoms with Gasteiger partial charge in [0.2, 0.25) is 0 Å². The first-order chi connectivity index (χ1) is 10.8. The average Bonchev–Trinajstić information content (AvgIpc) is 3.24. The molecule has 5 heteroatoms. The lowest BCUT2D eigenvalue weighted by molar-refractivity contribution is 0.0831. The molecule has 4 nitrogen and oxygen atoms in total. The summed E-state index contributed by atoms with van der Waals surface area (Å²) in [4.78, 5) is 4.71. The third kappa shape index (κ3) is 3.66. The van der Waals surface area contributed by atoms with Gasteiger partial charge in [0, 0.05) is 30.1 Å². The van der Waals surface area contributed by atoms with Crippen molar-refractivity contribution >= 4 is 11.3 Å². The van der Waals surface area contributed by atoms with Crippen LogP contribution in [0.15, 0.2) is 29.6 Å². The molecule has 1 saturated heterocycles. The first-order valence-electron chi connectivity index (χ1n) is 7.70. The van der Waals surface area contributed by atoms with E-state index >= 15 is 0 Å². The van der Waals surface area contributed by atoms with E-state index in [9.17, 15) is 0 Å². The Bertz CT molecular complexity index is 608. The summed E-state index contributed by atoms with van der Waals surface area (Å²) in [6.07, 6.45) is 2.67. The monoisotopic (exact) mass is 318 g/mol. The predicted molar refractivity (Wildman–Crippen MR) is 89.4 cm³/mol. The second-order valence-electron chi connectivity index (χ2n) is 5.60. The second kappa shape index (κ2) is 7.22. The SMILES string of the molecule is COc1cccc(-c2nc(CN[C@@H](C)[C@H]3CCCO3)cs2)c1. The molecule has 1 fully saturated rings. The van der Waals surface area contributed by atoms with E-state index in [2.05, 4.69) is 23.7 Å². The van der Waals surface area contributed by atoms with E-state index in [1.54, 1.807) is 18.4 Å². The van der Waals surface area contributed by atoms with E-state index in [1.165, 1.54) is 6.42 Å². The molecule has 3 rings (SSSR count). The van der Waals surface area contributed by atoms with Crippen LogP contribution in [0, 0.1) is 0 Å². The van der Waals surface area contributed by atoms with Crippen LogP contribution in [0.25, 0.3) is 10.6 Å². The molecule has 0 amide bonds. The molecule has 0 saturated carbocycles. The van der Waals surface area contributed by atoms with Gasteiger partial charge in [-0.1, -0.05) is 12.1 Å². The van der Waals surface area contributed by atoms with Crippen LogP contribution in [-0.4, -0.2) is 30.8 Å². The molecule has 1 aromatic heterocycles. The predicted octanol–water partition coefficient (Wildman–Crippen LogP) is 3.48. The number of methoxy groups -OCH3 is 1. The molecule has 0 unspecified atom stereocenters. The minimum Gasteiger partial charge on any atom is -0.497 e. The van der Waals surface area contributed by atoms with Gasteiger partial charge in [-0.15, -0.1) is 11.3 Å². The van der Waals surface area contributed by atoms with E-state index in [0.717, 1.165) is 41.6 Å². The number of nitrogens with one attached hydrogen (secondary N) is 1. The van der Waals surface area contributed by atoms with Gasteiger partial charge in [-0.05, 0) is 31.9 Å². The van der Waals surface area contributed by atoms with Crippen molar-refractivity contribution in [1.29, 1.82) is 0 Å². The molecule has 0 bridgehead atoms. The van der Waals surface area contributed by atoms with Crippen LogP contribution in [0.1, 0.15) is 25.5 Å². The summed E-state index contributed by atoms with van der Waals surface area (Å²) in [7, 11) is 1.68. The summed E-state index contributed by atoms with van der Waals surface area (Å²) >= 11 is 1.67. The van der Waals surface area contributed by atoms with Gasteiger partial charge in [0.15, 0.2) is 0 Å². The van der Waals surface area contributed by atoms with Crippen molar-refractivity contribution < 1.29 is 9.47 Å². The summed E-state index contributed by atoms with van der Waals surface area (Å²) in [5.41, 5.74) is 2.18. The fraction of sp³-hybridized carbons (Fsp3) is 0.471. The van der Waals surface area contributed by atoms with Crippen LogP contribution in [0.3, 0.4) is 0 Å². The van der Waals surface area contributed by atoms with Gasteiger partial charge >= 0.3 is 0 Å². The van der Waals surface area contributed by atoms with Gasteiger partial charge in [0.1, 0.15) is 10.8 Å². The third-order valence-corrected chi connectivity index (χ3v) is 4.94. The summed E-state index contributed by atoms with van der Waals surface area (Å²) in [6, 6.07) is 8.39. The van der Waals surface area contributed by atoms with Gasteiger partial charge in [-0.25, -0.2) is 4.98 Å². The van der Waals surface area contributed by atoms with Crippen LogP contribution in [0.2, 0.25) is 0 Å². The van der Waals surface area contributed by atoms with Crippen molar-refractivity contribution in [2.45, 2.75) is 38.5 Å². The minimum atomic E-state index is 0.344. The summed E-state index contributed by atoms with van der Waals surface area (Å²) < 4.78 is 11.0. The number of thiazole rings is 1. The maximum Gasteiger partial charge on any atom is 0.123 e. The van der Waals surface area contributed by atoms with Crippen LogP contribution in [-0.2, 0) is 11.3 Å². The molecule has 1 aromatic carbocycles. The summed E-state index contributed by atoms with van der Waals surface area (Å²) in [5, 5.41) is 6.67. The molecule has 2 atom stereocenters. The van der Waals surface area contributed by atoms with E-state index in [4.69, 9.17) is 14.5 Å². The maximum atomic E-state index is 5.71. The molecule has 1 N–H and O–H groups in total. The smallest absolute Gasteiger partial charge is 0.123 e. The molecule has 1 aliphatic heterocycles. The number of benzene rings is 1. The Morgan fingerprint density at radius 1 is 1.50 bits per heavy atom. The fourth-order valence-corrected chi connectivity index (χ4v) is 3.49. The van der Waals surface area contributed by atoms with Crippen molar-refractivity contribution in [3.05, 3.63) is 35.3 Å². The highest BCUT2D eigenvalue weighted by molar-refractivity contribution is 7.13. The number of hydrogen-bond donors (Lipinski definition) is 1. The van der Waals surface area contributed by atoms with E-state index < -0.39 is 0 Å². The van der Waals surface area contributed by atoms with E-state index in [0.29, 0.717) is 12.1 Å². The lowest BCUT2D eigenvalue weighted by Gasteiger charge is -2.19. The molecule has 0 radical (unpaired) electrons. The van der Waals surface area contributed by atoms with Gasteiger partial charge in [0.05, 0.1) is 18.9 Å². The highest BCUT2D eigenvalue weighted by Gasteiger charge is 2.21. The Balaban J connectivity index is 1.60. The van der Waals surface area contributed by atoms with Crippen molar-refractivity contribution in [2.24, 2.45) is 0 Å². The Labute approximate surface area is 135 Å². The van der Waals surface area contributed by atoms with Crippen LogP contribution < -0.4 is 10.1 Å². The van der Waals surface area contributed by atoms with Gasteiger partial charge in [0.25, 0.3) is 0 Å². The molecule has 22 heavy (non-hydrogen) atoms. The zero-order valence-electron chi connectivity index (χ0n) is 13.0. The normalized spacial score (nSPS) is 19.3. The van der Waals surface area contributed by atoms with E-state index in [1.807, 2.05) is 18.2 Å². The van der Waals surface area contributed by atoms with Crippen molar-refractivity contribution in [1.82, 2.24) is 10.3 Å². The molecule has 2 aromatic rings. The molecule has 0 aliphatic carbocycles. The first-order valence-corrected chi connectivity index (χ1v) is 8.58. The number of ether oxygens (including phenoxy) is 2. The highest BCUT2D eigenvalue weighted by atomic mass is 32.1. The fourth-order valence-electron chi connectivity index (χ4n) is 2.67. The Morgan fingerprint density at radius 3 is 3.18 bits per heavy atom. The first kappa shape index (κ1) is 15.5. The van der Waals surface area contributed by atoms with E-state index in [-0.39, 0.29) is 0 Å². The lowest BCUT2D eigenvalue weighted by atomic mass is 10.1. The highest BCUT2D eigenvalue weighted by Crippen LogP contribution is 2.27. The minimum absolute atomic E-state index is 0.344. The van der Waals surface area contributed by atoms with Gasteiger partial charge in [-0.2, -0.15) is 0 Å². The van der Waals surface area contributed by atoms with Crippen molar-refractivity contribution in [3.8, 4) is 16.3 Å². The number of aromatic nitrogens is 1.